The highest BCUT2D eigenvalue weighted by Gasteiger charge is 2.41. The molecule has 126 valence electrons. The van der Waals surface area contributed by atoms with Crippen molar-refractivity contribution in [3.8, 4) is 0 Å². The van der Waals surface area contributed by atoms with Gasteiger partial charge >= 0.3 is 0 Å². The van der Waals surface area contributed by atoms with Gasteiger partial charge in [0.1, 0.15) is 0 Å². The number of piperidine rings is 1. The van der Waals surface area contributed by atoms with Crippen molar-refractivity contribution < 1.29 is 0 Å². The van der Waals surface area contributed by atoms with Crippen LogP contribution in [0.5, 0.6) is 0 Å². The molecule has 4 rings (SSSR count). The molecule has 0 amide bonds. The first-order chi connectivity index (χ1) is 11.3. The van der Waals surface area contributed by atoms with Crippen LogP contribution in [0.25, 0.3) is 0 Å². The Labute approximate surface area is 145 Å². The predicted molar refractivity (Wildman–Crippen MR) is 98.5 cm³/mol. The molecule has 0 radical (unpaired) electrons. The minimum absolute atomic E-state index is 0.362. The van der Waals surface area contributed by atoms with Crippen LogP contribution in [0.15, 0.2) is 18.2 Å². The van der Waals surface area contributed by atoms with Crippen LogP contribution in [0, 0.1) is 5.92 Å². The van der Waals surface area contributed by atoms with E-state index < -0.39 is 0 Å². The maximum absolute atomic E-state index is 6.14. The molecule has 1 N–H and O–H groups in total. The van der Waals surface area contributed by atoms with E-state index in [1.54, 1.807) is 0 Å². The van der Waals surface area contributed by atoms with Gasteiger partial charge < -0.3 is 10.2 Å². The van der Waals surface area contributed by atoms with E-state index in [1.807, 2.05) is 0 Å². The van der Waals surface area contributed by atoms with Gasteiger partial charge in [0.15, 0.2) is 0 Å². The Hall–Kier alpha value is -0.730. The van der Waals surface area contributed by atoms with Crippen molar-refractivity contribution in [2.45, 2.75) is 56.8 Å². The number of fused-ring (bicyclic) bond motifs is 2. The molecule has 1 aromatic rings. The molecule has 3 heteroatoms. The standard InChI is InChI=1S/C20H29ClN2/c21-17-6-7-18-19(14-17)22-15-20(18)9-12-23(13-10-20)11-8-16-4-2-1-3-5-16/h6-7,14,16,22H,1-5,8-13,15H2. The van der Waals surface area contributed by atoms with Gasteiger partial charge in [0, 0.05) is 22.7 Å². The van der Waals surface area contributed by atoms with Gasteiger partial charge in [-0.25, -0.2) is 0 Å². The first kappa shape index (κ1) is 15.8. The van der Waals surface area contributed by atoms with Gasteiger partial charge in [-0.15, -0.1) is 0 Å². The molecule has 1 saturated carbocycles. The van der Waals surface area contributed by atoms with Crippen molar-refractivity contribution in [2.75, 3.05) is 31.5 Å². The van der Waals surface area contributed by atoms with Crippen LogP contribution < -0.4 is 5.32 Å². The number of rotatable bonds is 3. The molecule has 1 spiro atoms. The minimum Gasteiger partial charge on any atom is -0.384 e. The second kappa shape index (κ2) is 6.64. The average Bonchev–Trinajstić information content (AvgIpc) is 2.93. The molecule has 0 aromatic heterocycles. The smallest absolute Gasteiger partial charge is 0.0426 e. The van der Waals surface area contributed by atoms with Gasteiger partial charge in [0.05, 0.1) is 0 Å². The predicted octanol–water partition coefficient (Wildman–Crippen LogP) is 5.07. The van der Waals surface area contributed by atoms with Crippen LogP contribution >= 0.6 is 11.6 Å². The fourth-order valence-electron chi connectivity index (χ4n) is 4.98. The van der Waals surface area contributed by atoms with Gasteiger partial charge in [0.25, 0.3) is 0 Å². The lowest BCUT2D eigenvalue weighted by atomic mass is 9.74. The van der Waals surface area contributed by atoms with E-state index in [1.165, 1.54) is 82.3 Å². The highest BCUT2D eigenvalue weighted by atomic mass is 35.5. The van der Waals surface area contributed by atoms with E-state index in [0.29, 0.717) is 5.41 Å². The molecular formula is C20H29ClN2. The number of nitrogens with one attached hydrogen (secondary N) is 1. The number of hydrogen-bond donors (Lipinski definition) is 1. The molecule has 2 heterocycles. The Morgan fingerprint density at radius 3 is 2.70 bits per heavy atom. The molecule has 0 bridgehead atoms. The Balaban J connectivity index is 1.33. The third-order valence-corrected chi connectivity index (χ3v) is 6.80. The first-order valence-electron chi connectivity index (χ1n) is 9.51. The number of benzene rings is 1. The van der Waals surface area contributed by atoms with E-state index >= 15 is 0 Å². The van der Waals surface area contributed by atoms with Crippen molar-refractivity contribution in [3.63, 3.8) is 0 Å². The molecule has 2 aliphatic heterocycles. The van der Waals surface area contributed by atoms with Crippen LogP contribution in [0.3, 0.4) is 0 Å². The van der Waals surface area contributed by atoms with Gasteiger partial charge in [0.2, 0.25) is 0 Å². The molecule has 23 heavy (non-hydrogen) atoms. The molecule has 0 atom stereocenters. The second-order valence-corrected chi connectivity index (χ2v) is 8.39. The molecule has 2 nitrogen and oxygen atoms in total. The summed E-state index contributed by atoms with van der Waals surface area (Å²) in [5.74, 6) is 1.01. The van der Waals surface area contributed by atoms with Crippen LogP contribution in [0.4, 0.5) is 5.69 Å². The van der Waals surface area contributed by atoms with E-state index in [0.717, 1.165) is 17.5 Å². The van der Waals surface area contributed by atoms with Crippen molar-refractivity contribution in [3.05, 3.63) is 28.8 Å². The summed E-state index contributed by atoms with van der Waals surface area (Å²) < 4.78 is 0. The highest BCUT2D eigenvalue weighted by Crippen LogP contribution is 2.44. The van der Waals surface area contributed by atoms with Crippen molar-refractivity contribution in [1.82, 2.24) is 4.90 Å². The molecule has 1 aromatic carbocycles. The lowest BCUT2D eigenvalue weighted by Crippen LogP contribution is -2.44. The van der Waals surface area contributed by atoms with E-state index in [2.05, 4.69) is 28.4 Å². The molecule has 1 aliphatic carbocycles. The molecule has 2 fully saturated rings. The minimum atomic E-state index is 0.362. The first-order valence-corrected chi connectivity index (χ1v) is 9.89. The number of likely N-dealkylation sites (tertiary alicyclic amines) is 1. The largest absolute Gasteiger partial charge is 0.384 e. The summed E-state index contributed by atoms with van der Waals surface area (Å²) in [6, 6.07) is 6.42. The summed E-state index contributed by atoms with van der Waals surface area (Å²) in [5, 5.41) is 4.44. The maximum atomic E-state index is 6.14. The fourth-order valence-corrected chi connectivity index (χ4v) is 5.15. The Morgan fingerprint density at radius 1 is 1.13 bits per heavy atom. The van der Waals surface area contributed by atoms with Crippen LogP contribution in [0.1, 0.15) is 56.9 Å². The van der Waals surface area contributed by atoms with Gasteiger partial charge in [-0.05, 0) is 62.5 Å². The molecule has 3 aliphatic rings. The zero-order valence-electron chi connectivity index (χ0n) is 14.1. The van der Waals surface area contributed by atoms with Gasteiger partial charge in [-0.2, -0.15) is 0 Å². The lowest BCUT2D eigenvalue weighted by Gasteiger charge is -2.40. The SMILES string of the molecule is Clc1ccc2c(c1)NCC21CCN(CCC2CCCCC2)CC1. The Morgan fingerprint density at radius 2 is 1.91 bits per heavy atom. The van der Waals surface area contributed by atoms with Gasteiger partial charge in [-0.3, -0.25) is 0 Å². The molecule has 0 unspecified atom stereocenters. The Bertz CT molecular complexity index is 543. The summed E-state index contributed by atoms with van der Waals surface area (Å²) in [5.41, 5.74) is 3.14. The van der Waals surface area contributed by atoms with E-state index in [4.69, 9.17) is 11.6 Å². The monoisotopic (exact) mass is 332 g/mol. The van der Waals surface area contributed by atoms with Crippen LogP contribution in [0.2, 0.25) is 5.02 Å². The topological polar surface area (TPSA) is 15.3 Å². The normalized spacial score (nSPS) is 24.6. The summed E-state index contributed by atoms with van der Waals surface area (Å²) in [7, 11) is 0. The van der Waals surface area contributed by atoms with Crippen molar-refractivity contribution >= 4 is 17.3 Å². The lowest BCUT2D eigenvalue weighted by molar-refractivity contribution is 0.154. The van der Waals surface area contributed by atoms with E-state index in [9.17, 15) is 0 Å². The number of halogens is 1. The number of anilines is 1. The fraction of sp³-hybridized carbons (Fsp3) is 0.700. The zero-order chi connectivity index (χ0) is 15.7. The quantitative estimate of drug-likeness (QED) is 0.831. The number of hydrogen-bond acceptors (Lipinski definition) is 2. The van der Waals surface area contributed by atoms with Crippen LogP contribution in [-0.2, 0) is 5.41 Å². The maximum Gasteiger partial charge on any atom is 0.0426 e. The van der Waals surface area contributed by atoms with E-state index in [-0.39, 0.29) is 0 Å². The van der Waals surface area contributed by atoms with Crippen molar-refractivity contribution in [2.24, 2.45) is 5.92 Å². The van der Waals surface area contributed by atoms with Crippen LogP contribution in [-0.4, -0.2) is 31.1 Å². The molecule has 1 saturated heterocycles. The molecular weight excluding hydrogens is 304 g/mol. The zero-order valence-corrected chi connectivity index (χ0v) is 14.9. The summed E-state index contributed by atoms with van der Waals surface area (Å²) in [6.07, 6.45) is 11.4. The van der Waals surface area contributed by atoms with Crippen molar-refractivity contribution in [1.29, 1.82) is 0 Å². The Kier molecular flexibility index (Phi) is 4.56. The number of nitrogens with zero attached hydrogens (tertiary/aromatic N) is 1. The summed E-state index contributed by atoms with van der Waals surface area (Å²) in [6.45, 7) is 4.94. The summed E-state index contributed by atoms with van der Waals surface area (Å²) >= 11 is 6.14. The average molecular weight is 333 g/mol. The third-order valence-electron chi connectivity index (χ3n) is 6.56. The highest BCUT2D eigenvalue weighted by molar-refractivity contribution is 6.30. The summed E-state index contributed by atoms with van der Waals surface area (Å²) in [4.78, 5) is 2.72. The third kappa shape index (κ3) is 3.25. The second-order valence-electron chi connectivity index (χ2n) is 7.96. The van der Waals surface area contributed by atoms with Gasteiger partial charge in [-0.1, -0.05) is 49.8 Å².